The zero-order valence-corrected chi connectivity index (χ0v) is 13.8. The minimum atomic E-state index is 0.0776. The number of methoxy groups -OCH3 is 1. The van der Waals surface area contributed by atoms with Gasteiger partial charge in [-0.1, -0.05) is 30.3 Å². The molecule has 6 nitrogen and oxygen atoms in total. The van der Waals surface area contributed by atoms with Crippen molar-refractivity contribution in [2.24, 2.45) is 0 Å². The summed E-state index contributed by atoms with van der Waals surface area (Å²) < 4.78 is 5.09. The van der Waals surface area contributed by atoms with Crippen LogP contribution in [0.1, 0.15) is 18.4 Å². The zero-order valence-electron chi connectivity index (χ0n) is 13.8. The number of nitrogens with zero attached hydrogens (tertiary/aromatic N) is 3. The Bertz CT molecular complexity index is 678. The number of hydrogen-bond donors (Lipinski definition) is 1. The molecule has 1 aromatic carbocycles. The van der Waals surface area contributed by atoms with Crippen LogP contribution in [0.3, 0.4) is 0 Å². The Morgan fingerprint density at radius 1 is 1.29 bits per heavy atom. The number of aryl methyl sites for hydroxylation is 1. The lowest BCUT2D eigenvalue weighted by molar-refractivity contribution is -0.127. The van der Waals surface area contributed by atoms with Crippen LogP contribution in [0.2, 0.25) is 0 Å². The number of amides is 1. The van der Waals surface area contributed by atoms with E-state index in [1.807, 2.05) is 23.1 Å². The van der Waals surface area contributed by atoms with Gasteiger partial charge in [0.15, 0.2) is 0 Å². The molecule has 3 rings (SSSR count). The number of rotatable bonds is 7. The number of ether oxygens (including phenoxy) is 1. The van der Waals surface area contributed by atoms with Gasteiger partial charge in [-0.3, -0.25) is 4.79 Å². The molecule has 1 saturated heterocycles. The second kappa shape index (κ2) is 7.77. The third-order valence-electron chi connectivity index (χ3n) is 4.15. The van der Waals surface area contributed by atoms with Crippen molar-refractivity contribution >= 4 is 11.7 Å². The quantitative estimate of drug-likeness (QED) is 0.844. The van der Waals surface area contributed by atoms with Gasteiger partial charge in [0, 0.05) is 25.6 Å². The molecule has 0 bridgehead atoms. The molecule has 126 valence electrons. The largest absolute Gasteiger partial charge is 0.481 e. The maximum Gasteiger partial charge on any atom is 0.224 e. The molecule has 1 aromatic heterocycles. The van der Waals surface area contributed by atoms with E-state index < -0.39 is 0 Å². The number of nitrogens with one attached hydrogen (secondary N) is 1. The third-order valence-corrected chi connectivity index (χ3v) is 4.15. The molecule has 1 amide bonds. The Labute approximate surface area is 141 Å². The van der Waals surface area contributed by atoms with Crippen molar-refractivity contribution in [1.82, 2.24) is 14.9 Å². The van der Waals surface area contributed by atoms with Gasteiger partial charge < -0.3 is 15.0 Å². The van der Waals surface area contributed by atoms with Crippen molar-refractivity contribution < 1.29 is 9.53 Å². The summed E-state index contributed by atoms with van der Waals surface area (Å²) in [5.41, 5.74) is 1.31. The smallest absolute Gasteiger partial charge is 0.224 e. The molecule has 2 aromatic rings. The minimum Gasteiger partial charge on any atom is -0.481 e. The van der Waals surface area contributed by atoms with E-state index in [1.54, 1.807) is 13.2 Å². The van der Waals surface area contributed by atoms with Crippen LogP contribution in [-0.2, 0) is 11.2 Å². The van der Waals surface area contributed by atoms with E-state index in [0.717, 1.165) is 19.4 Å². The maximum absolute atomic E-state index is 12.2. The summed E-state index contributed by atoms with van der Waals surface area (Å²) in [5, 5.41) is 3.29. The first-order valence-corrected chi connectivity index (χ1v) is 8.19. The molecule has 0 spiro atoms. The van der Waals surface area contributed by atoms with Gasteiger partial charge in [0.2, 0.25) is 11.8 Å². The number of carbonyl (C=O) groups is 1. The summed E-state index contributed by atoms with van der Waals surface area (Å²) in [5.74, 6) is 1.39. The number of hydrogen-bond acceptors (Lipinski definition) is 5. The van der Waals surface area contributed by atoms with E-state index in [2.05, 4.69) is 27.4 Å². The normalized spacial score (nSPS) is 17.1. The Morgan fingerprint density at radius 3 is 2.92 bits per heavy atom. The molecule has 0 saturated carbocycles. The van der Waals surface area contributed by atoms with Crippen molar-refractivity contribution in [3.05, 3.63) is 48.3 Å². The Kier molecular flexibility index (Phi) is 5.25. The number of likely N-dealkylation sites (tertiary alicyclic amines) is 1. The highest BCUT2D eigenvalue weighted by Crippen LogP contribution is 2.18. The van der Waals surface area contributed by atoms with Gasteiger partial charge >= 0.3 is 0 Å². The summed E-state index contributed by atoms with van der Waals surface area (Å²) in [7, 11) is 1.57. The van der Waals surface area contributed by atoms with Crippen LogP contribution in [0, 0.1) is 0 Å². The predicted molar refractivity (Wildman–Crippen MR) is 92.0 cm³/mol. The SMILES string of the molecule is COc1cc(N[C@@H]2CC(=O)N(CCCc3ccccc3)C2)ncn1. The molecule has 1 fully saturated rings. The summed E-state index contributed by atoms with van der Waals surface area (Å²) in [6.07, 6.45) is 3.92. The van der Waals surface area contributed by atoms with Gasteiger partial charge in [0.05, 0.1) is 13.2 Å². The van der Waals surface area contributed by atoms with Crippen LogP contribution in [0.5, 0.6) is 5.88 Å². The number of carbonyl (C=O) groups excluding carboxylic acids is 1. The van der Waals surface area contributed by atoms with Crippen LogP contribution < -0.4 is 10.1 Å². The monoisotopic (exact) mass is 326 g/mol. The molecule has 0 aliphatic carbocycles. The topological polar surface area (TPSA) is 67.3 Å². The zero-order chi connectivity index (χ0) is 16.8. The number of benzene rings is 1. The molecule has 6 heteroatoms. The van der Waals surface area contributed by atoms with E-state index in [0.29, 0.717) is 24.7 Å². The van der Waals surface area contributed by atoms with Crippen molar-refractivity contribution in [2.75, 3.05) is 25.5 Å². The molecular formula is C18H22N4O2. The first-order chi connectivity index (χ1) is 11.7. The number of anilines is 1. The predicted octanol–water partition coefficient (Wildman–Crippen LogP) is 2.13. The Balaban J connectivity index is 1.48. The van der Waals surface area contributed by atoms with E-state index in [9.17, 15) is 4.79 Å². The molecule has 24 heavy (non-hydrogen) atoms. The molecule has 0 radical (unpaired) electrons. The average molecular weight is 326 g/mol. The van der Waals surface area contributed by atoms with Crippen molar-refractivity contribution in [2.45, 2.75) is 25.3 Å². The van der Waals surface area contributed by atoms with Crippen LogP contribution in [0.25, 0.3) is 0 Å². The number of aromatic nitrogens is 2. The molecule has 2 heterocycles. The minimum absolute atomic E-state index is 0.0776. The van der Waals surface area contributed by atoms with Gasteiger partial charge in [-0.05, 0) is 18.4 Å². The Hall–Kier alpha value is -2.63. The van der Waals surface area contributed by atoms with Gasteiger partial charge in [0.1, 0.15) is 12.1 Å². The summed E-state index contributed by atoms with van der Waals surface area (Å²) in [6.45, 7) is 1.50. The van der Waals surface area contributed by atoms with E-state index >= 15 is 0 Å². The van der Waals surface area contributed by atoms with Crippen LogP contribution in [0.15, 0.2) is 42.7 Å². The van der Waals surface area contributed by atoms with Gasteiger partial charge in [0.25, 0.3) is 0 Å². The van der Waals surface area contributed by atoms with Gasteiger partial charge in [-0.2, -0.15) is 0 Å². The first kappa shape index (κ1) is 16.2. The second-order valence-corrected chi connectivity index (χ2v) is 5.92. The van der Waals surface area contributed by atoms with Crippen molar-refractivity contribution in [3.8, 4) is 5.88 Å². The van der Waals surface area contributed by atoms with E-state index in [1.165, 1.54) is 11.9 Å². The molecule has 0 unspecified atom stereocenters. The lowest BCUT2D eigenvalue weighted by Crippen LogP contribution is -2.29. The highest BCUT2D eigenvalue weighted by atomic mass is 16.5. The average Bonchev–Trinajstić information content (AvgIpc) is 2.95. The fraction of sp³-hybridized carbons (Fsp3) is 0.389. The van der Waals surface area contributed by atoms with E-state index in [4.69, 9.17) is 4.74 Å². The van der Waals surface area contributed by atoms with Crippen molar-refractivity contribution in [3.63, 3.8) is 0 Å². The lowest BCUT2D eigenvalue weighted by atomic mass is 10.1. The third kappa shape index (κ3) is 4.22. The fourth-order valence-corrected chi connectivity index (χ4v) is 2.94. The highest BCUT2D eigenvalue weighted by molar-refractivity contribution is 5.80. The standard InChI is InChI=1S/C18H22N4O2/c1-24-17-11-16(19-13-20-17)21-15-10-18(23)22(12-15)9-5-8-14-6-3-2-4-7-14/h2-4,6-7,11,13,15H,5,8-10,12H2,1H3,(H,19,20,21)/t15-/m1/s1. The molecule has 1 atom stereocenters. The molecule has 1 aliphatic heterocycles. The summed E-state index contributed by atoms with van der Waals surface area (Å²) in [6, 6.07) is 12.2. The second-order valence-electron chi connectivity index (χ2n) is 5.92. The molecular weight excluding hydrogens is 304 g/mol. The lowest BCUT2D eigenvalue weighted by Gasteiger charge is -2.17. The highest BCUT2D eigenvalue weighted by Gasteiger charge is 2.29. The van der Waals surface area contributed by atoms with Gasteiger partial charge in [-0.15, -0.1) is 0 Å². The van der Waals surface area contributed by atoms with E-state index in [-0.39, 0.29) is 11.9 Å². The Morgan fingerprint density at radius 2 is 2.12 bits per heavy atom. The summed E-state index contributed by atoms with van der Waals surface area (Å²) in [4.78, 5) is 22.3. The summed E-state index contributed by atoms with van der Waals surface area (Å²) >= 11 is 0. The molecule has 1 aliphatic rings. The van der Waals surface area contributed by atoms with Crippen LogP contribution >= 0.6 is 0 Å². The first-order valence-electron chi connectivity index (χ1n) is 8.19. The molecule has 1 N–H and O–H groups in total. The fourth-order valence-electron chi connectivity index (χ4n) is 2.94. The maximum atomic E-state index is 12.2. The van der Waals surface area contributed by atoms with Crippen LogP contribution in [0.4, 0.5) is 5.82 Å². The van der Waals surface area contributed by atoms with Crippen molar-refractivity contribution in [1.29, 1.82) is 0 Å². The van der Waals surface area contributed by atoms with Gasteiger partial charge in [-0.25, -0.2) is 9.97 Å². The van der Waals surface area contributed by atoms with Crippen LogP contribution in [-0.4, -0.2) is 47.0 Å².